The fourth-order valence-corrected chi connectivity index (χ4v) is 4.38. The van der Waals surface area contributed by atoms with Crippen LogP contribution in [0.25, 0.3) is 0 Å². The number of nitrogens with one attached hydrogen (secondary N) is 1. The van der Waals surface area contributed by atoms with Gasteiger partial charge in [0.2, 0.25) is 0 Å². The number of carbonyl (C=O) groups excluding carboxylic acids is 2. The van der Waals surface area contributed by atoms with Gasteiger partial charge in [-0.3, -0.25) is 14.8 Å². The molecule has 2 amide bonds. The summed E-state index contributed by atoms with van der Waals surface area (Å²) < 4.78 is 6.02. The van der Waals surface area contributed by atoms with E-state index in [0.29, 0.717) is 18.8 Å². The molecule has 1 fully saturated rings. The Morgan fingerprint density at radius 2 is 1.96 bits per heavy atom. The molecule has 5 rings (SSSR count). The minimum atomic E-state index is -0.660. The van der Waals surface area contributed by atoms with Crippen LogP contribution in [-0.4, -0.2) is 43.3 Å². The standard InChI is InChI=1S/C21H21N3O4/c1-23-11-18(28-17-10-13(19(25)22-27)6-7-16(17)23)20(26)24-12-21(8-9-21)14-4-2-3-5-15(14)24/h2-7,10,18,27H,8-9,11-12H2,1H3,(H,22,25). The van der Waals surface area contributed by atoms with E-state index < -0.39 is 12.0 Å². The SMILES string of the molecule is CN1CC(C(=O)N2CC3(CC3)c3ccccc32)Oc2cc(C(=O)NO)ccc21. The third-order valence-electron chi connectivity index (χ3n) is 6.07. The van der Waals surface area contributed by atoms with Gasteiger partial charge >= 0.3 is 0 Å². The molecule has 2 aromatic carbocycles. The number of ether oxygens (including phenoxy) is 1. The van der Waals surface area contributed by atoms with Crippen LogP contribution in [0.4, 0.5) is 11.4 Å². The molecule has 0 radical (unpaired) electrons. The first kappa shape index (κ1) is 17.1. The Morgan fingerprint density at radius 1 is 1.18 bits per heavy atom. The lowest BCUT2D eigenvalue weighted by molar-refractivity contribution is -0.125. The first-order valence-electron chi connectivity index (χ1n) is 9.40. The Bertz CT molecular complexity index is 985. The van der Waals surface area contributed by atoms with Gasteiger partial charge in [-0.2, -0.15) is 0 Å². The van der Waals surface area contributed by atoms with E-state index in [1.165, 1.54) is 5.56 Å². The Labute approximate surface area is 162 Å². The van der Waals surface area contributed by atoms with Gasteiger partial charge in [-0.1, -0.05) is 18.2 Å². The van der Waals surface area contributed by atoms with Gasteiger partial charge in [0.1, 0.15) is 5.75 Å². The van der Waals surface area contributed by atoms with Gasteiger partial charge in [-0.05, 0) is 42.7 Å². The summed E-state index contributed by atoms with van der Waals surface area (Å²) in [6.45, 7) is 1.14. The third-order valence-corrected chi connectivity index (χ3v) is 6.07. The summed E-state index contributed by atoms with van der Waals surface area (Å²) in [4.78, 5) is 28.9. The van der Waals surface area contributed by atoms with Crippen molar-refractivity contribution in [3.8, 4) is 5.75 Å². The zero-order valence-electron chi connectivity index (χ0n) is 15.5. The number of anilines is 2. The first-order valence-corrected chi connectivity index (χ1v) is 9.40. The van der Waals surface area contributed by atoms with Crippen LogP contribution in [-0.2, 0) is 10.2 Å². The lowest BCUT2D eigenvalue weighted by Crippen LogP contribution is -2.49. The largest absolute Gasteiger partial charge is 0.476 e. The number of hydroxylamine groups is 1. The lowest BCUT2D eigenvalue weighted by atomic mass is 9.99. The number of hydrogen-bond acceptors (Lipinski definition) is 5. The van der Waals surface area contributed by atoms with Crippen molar-refractivity contribution in [1.29, 1.82) is 0 Å². The van der Waals surface area contributed by atoms with E-state index in [-0.39, 0.29) is 16.9 Å². The molecule has 0 aromatic heterocycles. The maximum atomic E-state index is 13.4. The number of benzene rings is 2. The molecule has 1 spiro atoms. The van der Waals surface area contributed by atoms with Crippen LogP contribution in [0.3, 0.4) is 0 Å². The molecule has 7 nitrogen and oxygen atoms in total. The van der Waals surface area contributed by atoms with Crippen molar-refractivity contribution in [1.82, 2.24) is 5.48 Å². The van der Waals surface area contributed by atoms with Crippen LogP contribution in [0.15, 0.2) is 42.5 Å². The molecule has 2 heterocycles. The number of para-hydroxylation sites is 1. The van der Waals surface area contributed by atoms with E-state index in [9.17, 15) is 9.59 Å². The first-order chi connectivity index (χ1) is 13.5. The molecule has 144 valence electrons. The maximum Gasteiger partial charge on any atom is 0.274 e. The van der Waals surface area contributed by atoms with Crippen molar-refractivity contribution >= 4 is 23.2 Å². The highest BCUT2D eigenvalue weighted by atomic mass is 16.5. The Morgan fingerprint density at radius 3 is 2.71 bits per heavy atom. The molecule has 3 aliphatic rings. The number of nitrogens with zero attached hydrogens (tertiary/aromatic N) is 2. The number of rotatable bonds is 2. The van der Waals surface area contributed by atoms with E-state index in [2.05, 4.69) is 6.07 Å². The number of hydrogen-bond donors (Lipinski definition) is 2. The summed E-state index contributed by atoms with van der Waals surface area (Å²) in [5.41, 5.74) is 5.06. The zero-order valence-corrected chi connectivity index (χ0v) is 15.5. The molecule has 2 N–H and O–H groups in total. The summed E-state index contributed by atoms with van der Waals surface area (Å²) in [5, 5.41) is 8.86. The van der Waals surface area contributed by atoms with Gasteiger partial charge in [-0.15, -0.1) is 0 Å². The molecule has 1 unspecified atom stereocenters. The second-order valence-corrected chi connectivity index (χ2v) is 7.83. The van der Waals surface area contributed by atoms with E-state index in [0.717, 1.165) is 24.2 Å². The Balaban J connectivity index is 1.44. The fraction of sp³-hybridized carbons (Fsp3) is 0.333. The predicted molar refractivity (Wildman–Crippen MR) is 103 cm³/mol. The highest BCUT2D eigenvalue weighted by molar-refractivity contribution is 6.00. The second kappa shape index (κ2) is 5.97. The molecule has 2 aromatic rings. The van der Waals surface area contributed by atoms with Gasteiger partial charge in [0.05, 0.1) is 12.2 Å². The fourth-order valence-electron chi connectivity index (χ4n) is 4.38. The smallest absolute Gasteiger partial charge is 0.274 e. The molecular formula is C21H21N3O4. The van der Waals surface area contributed by atoms with Gasteiger partial charge in [0, 0.05) is 30.3 Å². The molecule has 0 saturated heterocycles. The average Bonchev–Trinajstić information content (AvgIpc) is 3.43. The quantitative estimate of drug-likeness (QED) is 0.617. The van der Waals surface area contributed by atoms with Crippen molar-refractivity contribution in [2.75, 3.05) is 29.9 Å². The van der Waals surface area contributed by atoms with E-state index in [1.807, 2.05) is 35.0 Å². The number of fused-ring (bicyclic) bond motifs is 3. The van der Waals surface area contributed by atoms with Gasteiger partial charge in [-0.25, -0.2) is 5.48 Å². The van der Waals surface area contributed by atoms with Crippen molar-refractivity contribution < 1.29 is 19.5 Å². The Kier molecular flexibility index (Phi) is 3.64. The summed E-state index contributed by atoms with van der Waals surface area (Å²) in [6.07, 6.45) is 1.57. The highest BCUT2D eigenvalue weighted by Gasteiger charge is 2.53. The van der Waals surface area contributed by atoms with Crippen LogP contribution in [0, 0.1) is 0 Å². The topological polar surface area (TPSA) is 82.1 Å². The average molecular weight is 379 g/mol. The van der Waals surface area contributed by atoms with Crippen LogP contribution in [0.2, 0.25) is 0 Å². The van der Waals surface area contributed by atoms with Crippen molar-refractivity contribution in [2.45, 2.75) is 24.4 Å². The number of likely N-dealkylation sites (N-methyl/N-ethyl adjacent to an activating group) is 1. The van der Waals surface area contributed by atoms with E-state index >= 15 is 0 Å². The zero-order chi connectivity index (χ0) is 19.5. The van der Waals surface area contributed by atoms with Crippen LogP contribution in [0.1, 0.15) is 28.8 Å². The summed E-state index contributed by atoms with van der Waals surface area (Å²) in [6, 6.07) is 13.0. The minimum Gasteiger partial charge on any atom is -0.476 e. The second-order valence-electron chi connectivity index (χ2n) is 7.83. The minimum absolute atomic E-state index is 0.0641. The molecule has 1 aliphatic carbocycles. The molecule has 7 heteroatoms. The van der Waals surface area contributed by atoms with Gasteiger partial charge < -0.3 is 14.5 Å². The van der Waals surface area contributed by atoms with Crippen molar-refractivity contribution in [2.24, 2.45) is 0 Å². The van der Waals surface area contributed by atoms with Crippen LogP contribution >= 0.6 is 0 Å². The normalized spacial score (nSPS) is 21.0. The highest BCUT2D eigenvalue weighted by Crippen LogP contribution is 2.56. The molecule has 0 bridgehead atoms. The van der Waals surface area contributed by atoms with Crippen molar-refractivity contribution in [3.63, 3.8) is 0 Å². The molecule has 1 atom stereocenters. The maximum absolute atomic E-state index is 13.4. The van der Waals surface area contributed by atoms with Gasteiger partial charge in [0.25, 0.3) is 11.8 Å². The summed E-state index contributed by atoms with van der Waals surface area (Å²) >= 11 is 0. The van der Waals surface area contributed by atoms with Crippen LogP contribution in [0.5, 0.6) is 5.75 Å². The summed E-state index contributed by atoms with van der Waals surface area (Å²) in [5.74, 6) is -0.223. The monoisotopic (exact) mass is 379 g/mol. The van der Waals surface area contributed by atoms with Gasteiger partial charge in [0.15, 0.2) is 6.10 Å². The number of carbonyl (C=O) groups is 2. The number of amides is 2. The lowest BCUT2D eigenvalue weighted by Gasteiger charge is -2.35. The predicted octanol–water partition coefficient (Wildman–Crippen LogP) is 2.08. The Hall–Kier alpha value is -3.06. The van der Waals surface area contributed by atoms with E-state index in [1.54, 1.807) is 23.7 Å². The van der Waals surface area contributed by atoms with Crippen molar-refractivity contribution in [3.05, 3.63) is 53.6 Å². The van der Waals surface area contributed by atoms with E-state index in [4.69, 9.17) is 9.94 Å². The molecular weight excluding hydrogens is 358 g/mol. The third kappa shape index (κ3) is 2.46. The molecule has 1 saturated carbocycles. The molecule has 2 aliphatic heterocycles. The molecule has 28 heavy (non-hydrogen) atoms. The summed E-state index contributed by atoms with van der Waals surface area (Å²) in [7, 11) is 1.90. The van der Waals surface area contributed by atoms with Crippen LogP contribution < -0.4 is 20.0 Å².